The lowest BCUT2D eigenvalue weighted by molar-refractivity contribution is -0.113. The van der Waals surface area contributed by atoms with Gasteiger partial charge in [0.1, 0.15) is 19.2 Å². The highest BCUT2D eigenvalue weighted by Crippen LogP contribution is 2.23. The fourth-order valence-corrected chi connectivity index (χ4v) is 2.62. The number of halogens is 1. The van der Waals surface area contributed by atoms with Crippen LogP contribution in [0.25, 0.3) is 0 Å². The normalized spacial score (nSPS) is 10.8. The van der Waals surface area contributed by atoms with Crippen LogP contribution >= 0.6 is 23.4 Å². The third kappa shape index (κ3) is 4.12. The Morgan fingerprint density at radius 1 is 1.42 bits per heavy atom. The number of rotatable bonds is 6. The second-order valence-corrected chi connectivity index (χ2v) is 6.14. The Labute approximate surface area is 146 Å². The summed E-state index contributed by atoms with van der Waals surface area (Å²) in [6.45, 7) is 2.18. The molecule has 1 N–H and O–H groups in total. The highest BCUT2D eigenvalue weighted by molar-refractivity contribution is 7.99. The number of anilines is 1. The highest BCUT2D eigenvalue weighted by Gasteiger charge is 2.12. The van der Waals surface area contributed by atoms with Crippen molar-refractivity contribution in [2.45, 2.75) is 18.7 Å². The van der Waals surface area contributed by atoms with Crippen molar-refractivity contribution in [1.29, 1.82) is 0 Å². The molecule has 124 valence electrons. The standard InChI is InChI=1S/C14H13ClN6O2S/c1-9-10(15)3-2-4-11(9)18-12(22)6-24-14-20-19-13(23-14)5-21-8-16-7-17-21/h2-4,7-8H,5-6H2,1H3,(H,18,22). The van der Waals surface area contributed by atoms with E-state index in [0.717, 1.165) is 17.3 Å². The van der Waals surface area contributed by atoms with Gasteiger partial charge in [0.2, 0.25) is 11.8 Å². The molecule has 0 atom stereocenters. The fourth-order valence-electron chi connectivity index (χ4n) is 1.87. The summed E-state index contributed by atoms with van der Waals surface area (Å²) in [6, 6.07) is 5.36. The Morgan fingerprint density at radius 3 is 3.08 bits per heavy atom. The molecule has 1 aromatic carbocycles. The van der Waals surface area contributed by atoms with Gasteiger partial charge in [0.05, 0.1) is 5.75 Å². The van der Waals surface area contributed by atoms with Gasteiger partial charge in [0.25, 0.3) is 5.22 Å². The van der Waals surface area contributed by atoms with Crippen LogP contribution in [0.2, 0.25) is 5.02 Å². The number of benzene rings is 1. The van der Waals surface area contributed by atoms with Crippen molar-refractivity contribution in [3.05, 3.63) is 47.3 Å². The average Bonchev–Trinajstić information content (AvgIpc) is 3.22. The molecule has 0 aliphatic heterocycles. The first-order valence-electron chi connectivity index (χ1n) is 6.94. The minimum Gasteiger partial charge on any atom is -0.414 e. The lowest BCUT2D eigenvalue weighted by atomic mass is 10.2. The predicted octanol–water partition coefficient (Wildman–Crippen LogP) is 2.40. The first-order valence-corrected chi connectivity index (χ1v) is 8.31. The lowest BCUT2D eigenvalue weighted by Crippen LogP contribution is -2.14. The maximum Gasteiger partial charge on any atom is 0.277 e. The molecule has 0 fully saturated rings. The number of hydrogen-bond donors (Lipinski definition) is 1. The molecule has 0 bridgehead atoms. The van der Waals surface area contributed by atoms with E-state index >= 15 is 0 Å². The number of hydrogen-bond acceptors (Lipinski definition) is 7. The van der Waals surface area contributed by atoms with Crippen LogP contribution in [0.4, 0.5) is 5.69 Å². The van der Waals surface area contributed by atoms with Crippen molar-refractivity contribution >= 4 is 35.0 Å². The summed E-state index contributed by atoms with van der Waals surface area (Å²) in [7, 11) is 0. The predicted molar refractivity (Wildman–Crippen MR) is 89.0 cm³/mol. The maximum atomic E-state index is 12.0. The smallest absolute Gasteiger partial charge is 0.277 e. The van der Waals surface area contributed by atoms with E-state index in [1.165, 1.54) is 6.33 Å². The van der Waals surface area contributed by atoms with Crippen molar-refractivity contribution in [3.63, 3.8) is 0 Å². The molecular formula is C14H13ClN6O2S. The van der Waals surface area contributed by atoms with E-state index in [0.29, 0.717) is 28.4 Å². The van der Waals surface area contributed by atoms with Crippen molar-refractivity contribution in [2.24, 2.45) is 0 Å². The third-order valence-corrected chi connectivity index (χ3v) is 4.31. The van der Waals surface area contributed by atoms with E-state index in [1.54, 1.807) is 29.2 Å². The average molecular weight is 365 g/mol. The number of nitrogens with one attached hydrogen (secondary N) is 1. The second kappa shape index (κ2) is 7.45. The van der Waals surface area contributed by atoms with Gasteiger partial charge >= 0.3 is 0 Å². The molecule has 1 amide bonds. The van der Waals surface area contributed by atoms with Crippen LogP contribution in [0.15, 0.2) is 40.5 Å². The van der Waals surface area contributed by atoms with Crippen LogP contribution in [0.3, 0.4) is 0 Å². The van der Waals surface area contributed by atoms with E-state index in [4.69, 9.17) is 16.0 Å². The van der Waals surface area contributed by atoms with Crippen LogP contribution in [0.5, 0.6) is 0 Å². The molecule has 0 saturated carbocycles. The van der Waals surface area contributed by atoms with Gasteiger partial charge in [-0.2, -0.15) is 5.10 Å². The van der Waals surface area contributed by atoms with Gasteiger partial charge in [-0.1, -0.05) is 29.4 Å². The lowest BCUT2D eigenvalue weighted by Gasteiger charge is -2.08. The molecule has 0 unspecified atom stereocenters. The zero-order valence-corrected chi connectivity index (χ0v) is 14.2. The summed E-state index contributed by atoms with van der Waals surface area (Å²) in [6.07, 6.45) is 2.98. The van der Waals surface area contributed by atoms with Crippen LogP contribution in [0.1, 0.15) is 11.5 Å². The maximum absolute atomic E-state index is 12.0. The summed E-state index contributed by atoms with van der Waals surface area (Å²) in [5.41, 5.74) is 1.51. The van der Waals surface area contributed by atoms with Gasteiger partial charge in [-0.3, -0.25) is 4.79 Å². The molecule has 3 aromatic rings. The summed E-state index contributed by atoms with van der Waals surface area (Å²) in [5.74, 6) is 0.368. The molecule has 24 heavy (non-hydrogen) atoms. The van der Waals surface area contributed by atoms with E-state index in [9.17, 15) is 4.79 Å². The second-order valence-electron chi connectivity index (χ2n) is 4.80. The Hall–Kier alpha value is -2.39. The Balaban J connectivity index is 1.53. The monoisotopic (exact) mass is 364 g/mol. The molecule has 0 aliphatic carbocycles. The molecule has 0 aliphatic rings. The van der Waals surface area contributed by atoms with Crippen molar-refractivity contribution in [3.8, 4) is 0 Å². The highest BCUT2D eigenvalue weighted by atomic mass is 35.5. The van der Waals surface area contributed by atoms with Gasteiger partial charge in [0.15, 0.2) is 0 Å². The minimum absolute atomic E-state index is 0.150. The number of carbonyl (C=O) groups excluding carboxylic acids is 1. The molecule has 3 rings (SSSR count). The largest absolute Gasteiger partial charge is 0.414 e. The summed E-state index contributed by atoms with van der Waals surface area (Å²) < 4.78 is 7.02. The molecular weight excluding hydrogens is 352 g/mol. The number of amides is 1. The molecule has 0 saturated heterocycles. The van der Waals surface area contributed by atoms with E-state index < -0.39 is 0 Å². The van der Waals surface area contributed by atoms with Crippen molar-refractivity contribution in [1.82, 2.24) is 25.0 Å². The van der Waals surface area contributed by atoms with Crippen LogP contribution < -0.4 is 5.32 Å². The number of carbonyl (C=O) groups is 1. The van der Waals surface area contributed by atoms with E-state index in [2.05, 4.69) is 25.6 Å². The number of thioether (sulfide) groups is 1. The van der Waals surface area contributed by atoms with Gasteiger partial charge in [-0.15, -0.1) is 10.2 Å². The van der Waals surface area contributed by atoms with E-state index in [-0.39, 0.29) is 11.7 Å². The zero-order chi connectivity index (χ0) is 16.9. The molecule has 2 heterocycles. The van der Waals surface area contributed by atoms with Crippen LogP contribution in [0, 0.1) is 6.92 Å². The zero-order valence-electron chi connectivity index (χ0n) is 12.6. The first-order chi connectivity index (χ1) is 11.6. The van der Waals surface area contributed by atoms with E-state index in [1.807, 2.05) is 6.92 Å². The minimum atomic E-state index is -0.179. The summed E-state index contributed by atoms with van der Waals surface area (Å²) in [4.78, 5) is 15.9. The molecule has 10 heteroatoms. The molecule has 0 spiro atoms. The molecule has 8 nitrogen and oxygen atoms in total. The third-order valence-electron chi connectivity index (χ3n) is 3.08. The Bertz CT molecular complexity index is 836. The van der Waals surface area contributed by atoms with Crippen LogP contribution in [-0.4, -0.2) is 36.6 Å². The molecule has 2 aromatic heterocycles. The van der Waals surface area contributed by atoms with Crippen molar-refractivity contribution < 1.29 is 9.21 Å². The van der Waals surface area contributed by atoms with Crippen LogP contribution in [-0.2, 0) is 11.3 Å². The molecule has 0 radical (unpaired) electrons. The van der Waals surface area contributed by atoms with Gasteiger partial charge in [-0.25, -0.2) is 9.67 Å². The Kier molecular flexibility index (Phi) is 5.11. The van der Waals surface area contributed by atoms with Crippen molar-refractivity contribution in [2.75, 3.05) is 11.1 Å². The Morgan fingerprint density at radius 2 is 2.29 bits per heavy atom. The topological polar surface area (TPSA) is 98.7 Å². The SMILES string of the molecule is Cc1c(Cl)cccc1NC(=O)CSc1nnc(Cn2cncn2)o1. The first kappa shape index (κ1) is 16.5. The van der Waals surface area contributed by atoms with Gasteiger partial charge in [-0.05, 0) is 24.6 Å². The van der Waals surface area contributed by atoms with Gasteiger partial charge in [0, 0.05) is 10.7 Å². The van der Waals surface area contributed by atoms with Gasteiger partial charge < -0.3 is 9.73 Å². The summed E-state index contributed by atoms with van der Waals surface area (Å²) >= 11 is 7.19. The quantitative estimate of drug-likeness (QED) is 0.670. The summed E-state index contributed by atoms with van der Waals surface area (Å²) in [5, 5.41) is 15.5. The number of aromatic nitrogens is 5. The number of nitrogens with zero attached hydrogens (tertiary/aromatic N) is 5. The fraction of sp³-hybridized carbons (Fsp3) is 0.214.